The number of hydrogen-bond acceptors (Lipinski definition) is 2. The van der Waals surface area contributed by atoms with Crippen LogP contribution in [-0.2, 0) is 4.79 Å². The van der Waals surface area contributed by atoms with Gasteiger partial charge in [-0.3, -0.25) is 4.79 Å². The second-order valence-corrected chi connectivity index (χ2v) is 4.74. The van der Waals surface area contributed by atoms with Crippen LogP contribution in [0.4, 0.5) is 10.1 Å². The molecule has 1 saturated heterocycles. The molecule has 0 aliphatic carbocycles. The Morgan fingerprint density at radius 3 is 2.71 bits per heavy atom. The summed E-state index contributed by atoms with van der Waals surface area (Å²) in [4.78, 5) is 11.9. The second-order valence-electron chi connectivity index (χ2n) is 3.88. The van der Waals surface area contributed by atoms with Crippen LogP contribution in [0, 0.1) is 5.82 Å². The summed E-state index contributed by atoms with van der Waals surface area (Å²) in [5.74, 6) is -0.704. The van der Waals surface area contributed by atoms with E-state index >= 15 is 0 Å². The van der Waals surface area contributed by atoms with Crippen LogP contribution in [0.1, 0.15) is 6.92 Å². The fourth-order valence-corrected chi connectivity index (χ4v) is 1.94. The third-order valence-electron chi connectivity index (χ3n) is 2.75. The zero-order valence-corrected chi connectivity index (χ0v) is 10.9. The Hall–Kier alpha value is -1.20. The molecular weight excluding hydrogens is 287 g/mol. The van der Waals surface area contributed by atoms with E-state index in [4.69, 9.17) is 0 Å². The lowest BCUT2D eigenvalue weighted by Crippen LogP contribution is -2.36. The number of nitrogens with one attached hydrogen (secondary N) is 2. The highest BCUT2D eigenvalue weighted by Gasteiger charge is 2.17. The van der Waals surface area contributed by atoms with Crippen molar-refractivity contribution in [3.63, 3.8) is 0 Å². The van der Waals surface area contributed by atoms with Crippen molar-refractivity contribution in [2.75, 3.05) is 18.4 Å². The van der Waals surface area contributed by atoms with Crippen LogP contribution < -0.4 is 10.6 Å². The zero-order chi connectivity index (χ0) is 12.4. The van der Waals surface area contributed by atoms with Crippen LogP contribution in [0.2, 0.25) is 0 Å². The molecule has 0 bridgehead atoms. The van der Waals surface area contributed by atoms with Gasteiger partial charge in [0.15, 0.2) is 0 Å². The molecule has 1 aliphatic heterocycles. The molecule has 1 amide bonds. The molecule has 2 rings (SSSR count). The fourth-order valence-electron chi connectivity index (χ4n) is 1.50. The zero-order valence-electron chi connectivity index (χ0n) is 9.31. The number of para-hydroxylation sites is 1. The molecule has 0 atom stereocenters. The lowest BCUT2D eigenvalue weighted by atomic mass is 10.0. The number of halogens is 2. The Bertz CT molecular complexity index is 473. The Labute approximate surface area is 107 Å². The van der Waals surface area contributed by atoms with E-state index in [1.807, 2.05) is 0 Å². The van der Waals surface area contributed by atoms with Crippen molar-refractivity contribution in [2.45, 2.75) is 6.92 Å². The van der Waals surface area contributed by atoms with E-state index in [-0.39, 0.29) is 11.6 Å². The van der Waals surface area contributed by atoms with Crippen LogP contribution in [0.5, 0.6) is 0 Å². The average Bonchev–Trinajstić information content (AvgIpc) is 2.21. The maximum absolute atomic E-state index is 13.5. The highest BCUT2D eigenvalue weighted by Crippen LogP contribution is 2.25. The fraction of sp³-hybridized carbons (Fsp3) is 0.250. The van der Waals surface area contributed by atoms with Gasteiger partial charge in [0.2, 0.25) is 0 Å². The molecule has 0 saturated carbocycles. The summed E-state index contributed by atoms with van der Waals surface area (Å²) in [5.41, 5.74) is 1.90. The Kier molecular flexibility index (Phi) is 3.59. The van der Waals surface area contributed by atoms with Gasteiger partial charge < -0.3 is 10.6 Å². The minimum Gasteiger partial charge on any atom is -0.319 e. The van der Waals surface area contributed by atoms with Gasteiger partial charge in [0, 0.05) is 23.1 Å². The molecule has 5 heteroatoms. The van der Waals surface area contributed by atoms with E-state index in [2.05, 4.69) is 26.6 Å². The molecule has 17 heavy (non-hydrogen) atoms. The minimum atomic E-state index is -0.447. The van der Waals surface area contributed by atoms with E-state index in [0.717, 1.165) is 18.7 Å². The molecule has 0 spiro atoms. The SMILES string of the molecule is CC(C(=O)Nc1c(F)cccc1Br)=C1CNC1. The van der Waals surface area contributed by atoms with Gasteiger partial charge in [-0.2, -0.15) is 0 Å². The summed E-state index contributed by atoms with van der Waals surface area (Å²) in [6.45, 7) is 3.22. The first-order valence-electron chi connectivity index (χ1n) is 5.24. The lowest BCUT2D eigenvalue weighted by Gasteiger charge is -2.21. The Morgan fingerprint density at radius 1 is 1.47 bits per heavy atom. The van der Waals surface area contributed by atoms with Crippen LogP contribution >= 0.6 is 15.9 Å². The van der Waals surface area contributed by atoms with E-state index in [1.54, 1.807) is 19.1 Å². The van der Waals surface area contributed by atoms with Crippen LogP contribution in [0.15, 0.2) is 33.8 Å². The first kappa shape index (κ1) is 12.3. The van der Waals surface area contributed by atoms with E-state index in [0.29, 0.717) is 10.0 Å². The second kappa shape index (κ2) is 4.98. The number of hydrogen-bond donors (Lipinski definition) is 2. The highest BCUT2D eigenvalue weighted by molar-refractivity contribution is 9.10. The first-order valence-corrected chi connectivity index (χ1v) is 6.03. The van der Waals surface area contributed by atoms with Crippen molar-refractivity contribution in [3.05, 3.63) is 39.6 Å². The summed E-state index contributed by atoms with van der Waals surface area (Å²) >= 11 is 3.21. The Balaban J connectivity index is 2.19. The van der Waals surface area contributed by atoms with Gasteiger partial charge in [-0.1, -0.05) is 6.07 Å². The summed E-state index contributed by atoms with van der Waals surface area (Å²) in [6.07, 6.45) is 0. The molecule has 0 unspecified atom stereocenters. The van der Waals surface area contributed by atoms with E-state index < -0.39 is 5.82 Å². The summed E-state index contributed by atoms with van der Waals surface area (Å²) in [5, 5.41) is 5.64. The van der Waals surface area contributed by atoms with Crippen molar-refractivity contribution >= 4 is 27.5 Å². The quantitative estimate of drug-likeness (QED) is 0.824. The standard InChI is InChI=1S/C12H12BrFN2O/c1-7(8-5-15-6-8)12(17)16-11-9(13)3-2-4-10(11)14/h2-4,15H,5-6H2,1H3,(H,16,17). The third kappa shape index (κ3) is 2.56. The van der Waals surface area contributed by atoms with Crippen molar-refractivity contribution in [1.82, 2.24) is 5.32 Å². The molecule has 90 valence electrons. The van der Waals surface area contributed by atoms with Crippen molar-refractivity contribution in [3.8, 4) is 0 Å². The number of anilines is 1. The molecule has 1 aromatic rings. The minimum absolute atomic E-state index is 0.185. The summed E-state index contributed by atoms with van der Waals surface area (Å²) in [6, 6.07) is 4.58. The molecule has 0 aromatic heterocycles. The monoisotopic (exact) mass is 298 g/mol. The van der Waals surface area contributed by atoms with Crippen LogP contribution in [0.3, 0.4) is 0 Å². The topological polar surface area (TPSA) is 41.1 Å². The van der Waals surface area contributed by atoms with Gasteiger partial charge >= 0.3 is 0 Å². The third-order valence-corrected chi connectivity index (χ3v) is 3.41. The predicted molar refractivity (Wildman–Crippen MR) is 68.3 cm³/mol. The smallest absolute Gasteiger partial charge is 0.251 e. The van der Waals surface area contributed by atoms with Crippen molar-refractivity contribution < 1.29 is 9.18 Å². The molecular formula is C12H12BrFN2O. The largest absolute Gasteiger partial charge is 0.319 e. The molecule has 1 aliphatic rings. The normalized spacial score (nSPS) is 14.2. The van der Waals surface area contributed by atoms with E-state index in [9.17, 15) is 9.18 Å². The number of benzene rings is 1. The molecule has 2 N–H and O–H groups in total. The van der Waals surface area contributed by atoms with Gasteiger partial charge in [-0.15, -0.1) is 0 Å². The maximum Gasteiger partial charge on any atom is 0.251 e. The number of amides is 1. The summed E-state index contributed by atoms with van der Waals surface area (Å²) < 4.78 is 14.0. The lowest BCUT2D eigenvalue weighted by molar-refractivity contribution is -0.112. The van der Waals surface area contributed by atoms with Crippen LogP contribution in [-0.4, -0.2) is 19.0 Å². The van der Waals surface area contributed by atoms with Gasteiger partial charge in [-0.05, 0) is 40.6 Å². The van der Waals surface area contributed by atoms with Crippen LogP contribution in [0.25, 0.3) is 0 Å². The van der Waals surface area contributed by atoms with Crippen molar-refractivity contribution in [1.29, 1.82) is 0 Å². The number of carbonyl (C=O) groups is 1. The molecule has 1 fully saturated rings. The first-order chi connectivity index (χ1) is 8.09. The van der Waals surface area contributed by atoms with Gasteiger partial charge in [-0.25, -0.2) is 4.39 Å². The Morgan fingerprint density at radius 2 is 2.18 bits per heavy atom. The highest BCUT2D eigenvalue weighted by atomic mass is 79.9. The molecule has 1 aromatic carbocycles. The van der Waals surface area contributed by atoms with Gasteiger partial charge in [0.25, 0.3) is 5.91 Å². The predicted octanol–water partition coefficient (Wildman–Crippen LogP) is 2.45. The van der Waals surface area contributed by atoms with Crippen molar-refractivity contribution in [2.24, 2.45) is 0 Å². The molecule has 0 radical (unpaired) electrons. The summed E-state index contributed by atoms with van der Waals surface area (Å²) in [7, 11) is 0. The molecule has 3 nitrogen and oxygen atoms in total. The molecule has 1 heterocycles. The maximum atomic E-state index is 13.5. The van der Waals surface area contributed by atoms with Gasteiger partial charge in [0.1, 0.15) is 5.82 Å². The number of rotatable bonds is 2. The van der Waals surface area contributed by atoms with E-state index in [1.165, 1.54) is 6.07 Å². The number of carbonyl (C=O) groups excluding carboxylic acids is 1. The average molecular weight is 299 g/mol. The van der Waals surface area contributed by atoms with Gasteiger partial charge in [0.05, 0.1) is 5.69 Å².